The number of rotatable bonds is 8. The summed E-state index contributed by atoms with van der Waals surface area (Å²) >= 11 is 0. The van der Waals surface area contributed by atoms with E-state index in [4.69, 9.17) is 4.74 Å². The van der Waals surface area contributed by atoms with Crippen LogP contribution in [0.15, 0.2) is 0 Å². The van der Waals surface area contributed by atoms with E-state index in [0.717, 1.165) is 13.2 Å². The van der Waals surface area contributed by atoms with Crippen LogP contribution in [0.25, 0.3) is 0 Å². The lowest BCUT2D eigenvalue weighted by atomic mass is 10.1. The fraction of sp³-hybridized carbons (Fsp3) is 1.00. The van der Waals surface area contributed by atoms with Gasteiger partial charge in [-0.05, 0) is 34.1 Å². The lowest BCUT2D eigenvalue weighted by Crippen LogP contribution is -2.32. The molecule has 0 aliphatic heterocycles. The van der Waals surface area contributed by atoms with Gasteiger partial charge in [0.2, 0.25) is 0 Å². The molecule has 1 N–H and O–H groups in total. The predicted octanol–water partition coefficient (Wildman–Crippen LogP) is 3.36. The quantitative estimate of drug-likeness (QED) is 0.627. The monoisotopic (exact) mass is 215 g/mol. The Morgan fingerprint density at radius 3 is 2.40 bits per heavy atom. The van der Waals surface area contributed by atoms with E-state index in [1.807, 2.05) is 0 Å². The van der Waals surface area contributed by atoms with Crippen LogP contribution in [0.4, 0.5) is 0 Å². The Morgan fingerprint density at radius 2 is 1.87 bits per heavy atom. The molecular formula is C13H29NO. The van der Waals surface area contributed by atoms with Crippen molar-refractivity contribution in [2.75, 3.05) is 13.2 Å². The van der Waals surface area contributed by atoms with Crippen molar-refractivity contribution >= 4 is 0 Å². The van der Waals surface area contributed by atoms with Crippen LogP contribution in [0.5, 0.6) is 0 Å². The molecule has 0 aromatic rings. The Morgan fingerprint density at radius 1 is 1.20 bits per heavy atom. The molecule has 1 atom stereocenters. The minimum Gasteiger partial charge on any atom is -0.375 e. The van der Waals surface area contributed by atoms with Gasteiger partial charge in [-0.3, -0.25) is 0 Å². The topological polar surface area (TPSA) is 21.3 Å². The maximum absolute atomic E-state index is 5.64. The van der Waals surface area contributed by atoms with Gasteiger partial charge in [-0.15, -0.1) is 0 Å². The molecule has 2 heteroatoms. The van der Waals surface area contributed by atoms with Crippen molar-refractivity contribution in [3.05, 3.63) is 0 Å². The third-order valence-corrected chi connectivity index (χ3v) is 2.37. The summed E-state index contributed by atoms with van der Waals surface area (Å²) in [5.74, 6) is 0. The number of nitrogens with one attached hydrogen (secondary N) is 1. The summed E-state index contributed by atoms with van der Waals surface area (Å²) in [6, 6.07) is 0.625. The van der Waals surface area contributed by atoms with Crippen molar-refractivity contribution in [3.63, 3.8) is 0 Å². The zero-order valence-electron chi connectivity index (χ0n) is 11.2. The van der Waals surface area contributed by atoms with Crippen molar-refractivity contribution in [1.29, 1.82) is 0 Å². The minimum atomic E-state index is -0.00682. The molecule has 0 rings (SSSR count). The van der Waals surface area contributed by atoms with E-state index in [1.54, 1.807) is 0 Å². The van der Waals surface area contributed by atoms with Crippen LogP contribution in [0.2, 0.25) is 0 Å². The molecule has 0 saturated carbocycles. The van der Waals surface area contributed by atoms with Gasteiger partial charge in [0, 0.05) is 12.6 Å². The van der Waals surface area contributed by atoms with Gasteiger partial charge in [0.05, 0.1) is 12.2 Å². The van der Waals surface area contributed by atoms with Gasteiger partial charge >= 0.3 is 0 Å². The molecule has 15 heavy (non-hydrogen) atoms. The first kappa shape index (κ1) is 14.9. The van der Waals surface area contributed by atoms with E-state index in [0.29, 0.717) is 6.04 Å². The number of hydrogen-bond acceptors (Lipinski definition) is 2. The van der Waals surface area contributed by atoms with Crippen LogP contribution in [0.1, 0.15) is 60.3 Å². The molecule has 0 aliphatic rings. The van der Waals surface area contributed by atoms with Crippen LogP contribution < -0.4 is 5.32 Å². The first-order chi connectivity index (χ1) is 6.95. The Labute approximate surface area is 95.8 Å². The molecule has 0 aromatic heterocycles. The van der Waals surface area contributed by atoms with Crippen LogP contribution in [0, 0.1) is 0 Å². The zero-order valence-corrected chi connectivity index (χ0v) is 11.2. The highest BCUT2D eigenvalue weighted by atomic mass is 16.5. The summed E-state index contributed by atoms with van der Waals surface area (Å²) in [7, 11) is 0. The van der Waals surface area contributed by atoms with Gasteiger partial charge in [0.25, 0.3) is 0 Å². The summed E-state index contributed by atoms with van der Waals surface area (Å²) in [4.78, 5) is 0. The molecule has 1 unspecified atom stereocenters. The largest absolute Gasteiger partial charge is 0.375 e. The maximum Gasteiger partial charge on any atom is 0.0599 e. The average molecular weight is 215 g/mol. The van der Waals surface area contributed by atoms with E-state index in [1.165, 1.54) is 25.7 Å². The number of ether oxygens (including phenoxy) is 1. The van der Waals surface area contributed by atoms with Crippen molar-refractivity contribution in [2.45, 2.75) is 71.9 Å². The molecule has 0 radical (unpaired) electrons. The number of hydrogen-bond donors (Lipinski definition) is 1. The van der Waals surface area contributed by atoms with Gasteiger partial charge in [-0.2, -0.15) is 0 Å². The fourth-order valence-electron chi connectivity index (χ4n) is 1.47. The van der Waals surface area contributed by atoms with Gasteiger partial charge in [0.1, 0.15) is 0 Å². The standard InChI is InChI=1S/C13H29NO/c1-6-7-8-9-12(2)14-10-11-15-13(3,4)5/h12,14H,6-11H2,1-5H3. The van der Waals surface area contributed by atoms with Gasteiger partial charge in [0.15, 0.2) is 0 Å². The lowest BCUT2D eigenvalue weighted by molar-refractivity contribution is -0.00156. The summed E-state index contributed by atoms with van der Waals surface area (Å²) in [6.07, 6.45) is 5.28. The van der Waals surface area contributed by atoms with E-state index < -0.39 is 0 Å². The third-order valence-electron chi connectivity index (χ3n) is 2.37. The van der Waals surface area contributed by atoms with Crippen LogP contribution in [0.3, 0.4) is 0 Å². The zero-order chi connectivity index (χ0) is 11.7. The van der Waals surface area contributed by atoms with Crippen molar-refractivity contribution in [1.82, 2.24) is 5.32 Å². The van der Waals surface area contributed by atoms with Gasteiger partial charge in [-0.1, -0.05) is 26.2 Å². The van der Waals surface area contributed by atoms with Crippen molar-refractivity contribution < 1.29 is 4.74 Å². The molecule has 0 aromatic carbocycles. The number of unbranched alkanes of at least 4 members (excludes halogenated alkanes) is 2. The SMILES string of the molecule is CCCCCC(C)NCCOC(C)(C)C. The van der Waals surface area contributed by atoms with Crippen molar-refractivity contribution in [2.24, 2.45) is 0 Å². The normalized spacial score (nSPS) is 14.2. The molecule has 0 saturated heterocycles. The summed E-state index contributed by atoms with van der Waals surface area (Å²) in [5, 5.41) is 3.49. The van der Waals surface area contributed by atoms with Crippen LogP contribution in [-0.2, 0) is 4.74 Å². The molecule has 2 nitrogen and oxygen atoms in total. The smallest absolute Gasteiger partial charge is 0.0599 e. The summed E-state index contributed by atoms with van der Waals surface area (Å²) in [5.41, 5.74) is -0.00682. The highest BCUT2D eigenvalue weighted by Crippen LogP contribution is 2.06. The first-order valence-electron chi connectivity index (χ1n) is 6.33. The molecule has 0 fully saturated rings. The average Bonchev–Trinajstić information content (AvgIpc) is 2.11. The van der Waals surface area contributed by atoms with Crippen LogP contribution >= 0.6 is 0 Å². The molecule has 0 bridgehead atoms. The molecule has 0 spiro atoms. The Kier molecular flexibility index (Phi) is 8.07. The highest BCUT2D eigenvalue weighted by Gasteiger charge is 2.09. The molecule has 0 amide bonds. The molecule has 0 heterocycles. The van der Waals surface area contributed by atoms with E-state index in [9.17, 15) is 0 Å². The van der Waals surface area contributed by atoms with Crippen molar-refractivity contribution in [3.8, 4) is 0 Å². The first-order valence-corrected chi connectivity index (χ1v) is 6.33. The molecule has 0 aliphatic carbocycles. The lowest BCUT2D eigenvalue weighted by Gasteiger charge is -2.20. The molecular weight excluding hydrogens is 186 g/mol. The summed E-state index contributed by atoms with van der Waals surface area (Å²) in [6.45, 7) is 12.6. The minimum absolute atomic E-state index is 0.00682. The Hall–Kier alpha value is -0.0800. The van der Waals surface area contributed by atoms with E-state index in [2.05, 4.69) is 39.9 Å². The predicted molar refractivity (Wildman–Crippen MR) is 67.3 cm³/mol. The fourth-order valence-corrected chi connectivity index (χ4v) is 1.47. The second-order valence-electron chi connectivity index (χ2n) is 5.31. The Bertz CT molecular complexity index is 140. The third kappa shape index (κ3) is 11.8. The van der Waals surface area contributed by atoms with E-state index >= 15 is 0 Å². The Balaban J connectivity index is 3.27. The van der Waals surface area contributed by atoms with E-state index in [-0.39, 0.29) is 5.60 Å². The van der Waals surface area contributed by atoms with Gasteiger partial charge < -0.3 is 10.1 Å². The molecule has 92 valence electrons. The second-order valence-corrected chi connectivity index (χ2v) is 5.31. The highest BCUT2D eigenvalue weighted by molar-refractivity contribution is 4.62. The second kappa shape index (κ2) is 8.12. The van der Waals surface area contributed by atoms with Gasteiger partial charge in [-0.25, -0.2) is 0 Å². The van der Waals surface area contributed by atoms with Crippen LogP contribution in [-0.4, -0.2) is 24.8 Å². The summed E-state index contributed by atoms with van der Waals surface area (Å²) < 4.78 is 5.64. The maximum atomic E-state index is 5.64.